The highest BCUT2D eigenvalue weighted by Crippen LogP contribution is 1.99. The first-order chi connectivity index (χ1) is 8.07. The molecular formula is C14H28O4. The maximum absolute atomic E-state index is 10.7. The van der Waals surface area contributed by atoms with Crippen molar-refractivity contribution < 1.29 is 19.1 Å². The Kier molecular flexibility index (Phi) is 10.6. The number of rotatable bonds is 4. The van der Waals surface area contributed by atoms with Gasteiger partial charge in [-0.2, -0.15) is 0 Å². The minimum absolute atomic E-state index is 0.00704. The molecule has 0 heterocycles. The van der Waals surface area contributed by atoms with Gasteiger partial charge >= 0.3 is 11.9 Å². The standard InChI is InChI=1S/2C7H14O2/c2*1-5(2)7(8)9-6(3)4/h2*5-6H,1-4H3. The summed E-state index contributed by atoms with van der Waals surface area (Å²) >= 11 is 0. The fourth-order valence-corrected chi connectivity index (χ4v) is 0.737. The van der Waals surface area contributed by atoms with Gasteiger partial charge in [0.15, 0.2) is 0 Å². The highest BCUT2D eigenvalue weighted by atomic mass is 16.5. The highest BCUT2D eigenvalue weighted by Gasteiger charge is 2.09. The van der Waals surface area contributed by atoms with Crippen LogP contribution in [0.1, 0.15) is 55.4 Å². The molecule has 4 nitrogen and oxygen atoms in total. The van der Waals surface area contributed by atoms with Crippen LogP contribution < -0.4 is 0 Å². The van der Waals surface area contributed by atoms with Crippen molar-refractivity contribution >= 4 is 11.9 Å². The van der Waals surface area contributed by atoms with Gasteiger partial charge in [-0.25, -0.2) is 0 Å². The summed E-state index contributed by atoms with van der Waals surface area (Å²) in [5.41, 5.74) is 0. The van der Waals surface area contributed by atoms with E-state index in [0.717, 1.165) is 0 Å². The Hall–Kier alpha value is -1.06. The number of carbonyl (C=O) groups excluding carboxylic acids is 2. The Morgan fingerprint density at radius 3 is 0.889 bits per heavy atom. The summed E-state index contributed by atoms with van der Waals surface area (Å²) in [7, 11) is 0. The first-order valence-electron chi connectivity index (χ1n) is 6.48. The van der Waals surface area contributed by atoms with Crippen LogP contribution in [0.5, 0.6) is 0 Å². The summed E-state index contributed by atoms with van der Waals surface area (Å²) in [6.45, 7) is 14.7. The topological polar surface area (TPSA) is 52.6 Å². The van der Waals surface area contributed by atoms with Crippen molar-refractivity contribution in [3.8, 4) is 0 Å². The molecule has 0 saturated heterocycles. The molecule has 0 rings (SSSR count). The van der Waals surface area contributed by atoms with Crippen LogP contribution in [0.25, 0.3) is 0 Å². The zero-order valence-electron chi connectivity index (χ0n) is 12.9. The summed E-state index contributed by atoms with van der Waals surface area (Å²) in [4.78, 5) is 21.5. The fourth-order valence-electron chi connectivity index (χ4n) is 0.737. The van der Waals surface area contributed by atoms with E-state index in [-0.39, 0.29) is 36.0 Å². The highest BCUT2D eigenvalue weighted by molar-refractivity contribution is 5.71. The van der Waals surface area contributed by atoms with Crippen molar-refractivity contribution in [2.75, 3.05) is 0 Å². The Morgan fingerprint density at radius 2 is 0.833 bits per heavy atom. The molecule has 0 N–H and O–H groups in total. The fraction of sp³-hybridized carbons (Fsp3) is 0.857. The second kappa shape index (κ2) is 9.92. The van der Waals surface area contributed by atoms with E-state index in [1.165, 1.54) is 0 Å². The van der Waals surface area contributed by atoms with Gasteiger partial charge in [-0.15, -0.1) is 0 Å². The molecule has 0 aromatic heterocycles. The lowest BCUT2D eigenvalue weighted by Crippen LogP contribution is -2.16. The zero-order valence-corrected chi connectivity index (χ0v) is 12.9. The van der Waals surface area contributed by atoms with E-state index < -0.39 is 0 Å². The van der Waals surface area contributed by atoms with Gasteiger partial charge in [-0.1, -0.05) is 27.7 Å². The average Bonchev–Trinajstić information content (AvgIpc) is 2.16. The molecule has 0 atom stereocenters. The van der Waals surface area contributed by atoms with E-state index in [2.05, 4.69) is 0 Å². The van der Waals surface area contributed by atoms with Gasteiger partial charge in [0.1, 0.15) is 0 Å². The van der Waals surface area contributed by atoms with E-state index in [0.29, 0.717) is 0 Å². The quantitative estimate of drug-likeness (QED) is 0.728. The van der Waals surface area contributed by atoms with Crippen LogP contribution in [0.4, 0.5) is 0 Å². The normalized spacial score (nSPS) is 10.4. The number of ether oxygens (including phenoxy) is 2. The third-order valence-electron chi connectivity index (χ3n) is 1.65. The van der Waals surface area contributed by atoms with Crippen molar-refractivity contribution in [3.05, 3.63) is 0 Å². The smallest absolute Gasteiger partial charge is 0.308 e. The van der Waals surface area contributed by atoms with E-state index in [1.807, 2.05) is 55.4 Å². The summed E-state index contributed by atoms with van der Waals surface area (Å²) in [5, 5.41) is 0. The van der Waals surface area contributed by atoms with Crippen LogP contribution >= 0.6 is 0 Å². The van der Waals surface area contributed by atoms with Crippen LogP contribution in [0.2, 0.25) is 0 Å². The Morgan fingerprint density at radius 1 is 0.611 bits per heavy atom. The van der Waals surface area contributed by atoms with Gasteiger partial charge < -0.3 is 9.47 Å². The molecule has 0 unspecified atom stereocenters. The first kappa shape index (κ1) is 19.3. The Labute approximate surface area is 111 Å². The molecule has 0 aromatic rings. The molecule has 0 aliphatic carbocycles. The average molecular weight is 260 g/mol. The molecular weight excluding hydrogens is 232 g/mol. The maximum atomic E-state index is 10.7. The molecule has 0 fully saturated rings. The maximum Gasteiger partial charge on any atom is 0.308 e. The van der Waals surface area contributed by atoms with Crippen LogP contribution in [0.3, 0.4) is 0 Å². The minimum Gasteiger partial charge on any atom is -0.463 e. The van der Waals surface area contributed by atoms with E-state index >= 15 is 0 Å². The molecule has 0 aliphatic heterocycles. The Balaban J connectivity index is 0. The second-order valence-electron chi connectivity index (χ2n) is 5.28. The molecule has 108 valence electrons. The summed E-state index contributed by atoms with van der Waals surface area (Å²) < 4.78 is 9.75. The molecule has 0 aliphatic rings. The van der Waals surface area contributed by atoms with Crippen molar-refractivity contribution in [1.29, 1.82) is 0 Å². The van der Waals surface area contributed by atoms with Gasteiger partial charge in [0.2, 0.25) is 0 Å². The monoisotopic (exact) mass is 260 g/mol. The van der Waals surface area contributed by atoms with E-state index in [4.69, 9.17) is 9.47 Å². The van der Waals surface area contributed by atoms with Gasteiger partial charge in [0.25, 0.3) is 0 Å². The second-order valence-corrected chi connectivity index (χ2v) is 5.28. The summed E-state index contributed by atoms with van der Waals surface area (Å²) in [6, 6.07) is 0. The van der Waals surface area contributed by atoms with Crippen molar-refractivity contribution in [1.82, 2.24) is 0 Å². The van der Waals surface area contributed by atoms with Crippen molar-refractivity contribution in [3.63, 3.8) is 0 Å². The largest absolute Gasteiger partial charge is 0.463 e. The van der Waals surface area contributed by atoms with E-state index in [1.54, 1.807) is 0 Å². The molecule has 4 heteroatoms. The van der Waals surface area contributed by atoms with Gasteiger partial charge in [0, 0.05) is 0 Å². The molecule has 0 bridgehead atoms. The van der Waals surface area contributed by atoms with Crippen LogP contribution in [-0.4, -0.2) is 24.1 Å². The predicted octanol–water partition coefficient (Wildman–Crippen LogP) is 3.19. The number of hydrogen-bond acceptors (Lipinski definition) is 4. The molecule has 18 heavy (non-hydrogen) atoms. The third kappa shape index (κ3) is 13.0. The lowest BCUT2D eigenvalue weighted by atomic mass is 10.2. The van der Waals surface area contributed by atoms with Gasteiger partial charge in [-0.05, 0) is 27.7 Å². The van der Waals surface area contributed by atoms with Gasteiger partial charge in [-0.3, -0.25) is 9.59 Å². The summed E-state index contributed by atoms with van der Waals surface area (Å²) in [6.07, 6.45) is 0.0276. The lowest BCUT2D eigenvalue weighted by molar-refractivity contribution is -0.152. The zero-order chi connectivity index (χ0) is 14.9. The van der Waals surface area contributed by atoms with Crippen LogP contribution in [-0.2, 0) is 19.1 Å². The Bertz CT molecular complexity index is 216. The number of esters is 2. The summed E-state index contributed by atoms with van der Waals surface area (Å²) in [5.74, 6) is -0.255. The van der Waals surface area contributed by atoms with Crippen LogP contribution in [0, 0.1) is 11.8 Å². The number of carbonyl (C=O) groups is 2. The molecule has 0 radical (unpaired) electrons. The first-order valence-corrected chi connectivity index (χ1v) is 6.48. The molecule has 0 saturated carbocycles. The molecule has 0 spiro atoms. The van der Waals surface area contributed by atoms with E-state index in [9.17, 15) is 9.59 Å². The van der Waals surface area contributed by atoms with Crippen molar-refractivity contribution in [2.45, 2.75) is 67.6 Å². The third-order valence-corrected chi connectivity index (χ3v) is 1.65. The van der Waals surface area contributed by atoms with Crippen molar-refractivity contribution in [2.24, 2.45) is 11.8 Å². The SMILES string of the molecule is CC(C)OC(=O)C(C)C.CC(C)OC(=O)C(C)C. The molecule has 0 aromatic carbocycles. The minimum atomic E-state index is -0.120. The molecule has 0 amide bonds. The lowest BCUT2D eigenvalue weighted by Gasteiger charge is -2.08. The van der Waals surface area contributed by atoms with Crippen LogP contribution in [0.15, 0.2) is 0 Å². The van der Waals surface area contributed by atoms with Gasteiger partial charge in [0.05, 0.1) is 24.0 Å². The predicted molar refractivity (Wildman–Crippen MR) is 72.1 cm³/mol. The number of hydrogen-bond donors (Lipinski definition) is 0.